The van der Waals surface area contributed by atoms with E-state index in [-0.39, 0.29) is 0 Å². The number of nitrogens with zero attached hydrogens (tertiary/aromatic N) is 1. The number of fused-ring (bicyclic) bond motifs is 1. The molecule has 0 aliphatic heterocycles. The third-order valence-electron chi connectivity index (χ3n) is 4.77. The van der Waals surface area contributed by atoms with Crippen LogP contribution < -0.4 is 9.47 Å². The van der Waals surface area contributed by atoms with Crippen LogP contribution in [0.3, 0.4) is 0 Å². The summed E-state index contributed by atoms with van der Waals surface area (Å²) >= 11 is 3.69. The maximum atomic E-state index is 9.18. The molecule has 0 aliphatic carbocycles. The standard InChI is InChI=1S/C23H20BrNO2.C3H6O2/c1-26-19-9-5-8-18(12-19)14-25-15-22(24)21-13-20(10-11-23(21)25)27-16-17-6-3-2-4-7-17;1-2-5-3-4/h2-13,15H,14,16H2,1H3;3H,2H2,1H3. The largest absolute Gasteiger partial charge is 0.497 e. The molecule has 0 radical (unpaired) electrons. The lowest BCUT2D eigenvalue weighted by Crippen LogP contribution is -1.98. The first-order valence-corrected chi connectivity index (χ1v) is 11.1. The maximum absolute atomic E-state index is 9.18. The first-order chi connectivity index (χ1) is 15.6. The molecule has 1 heterocycles. The Morgan fingerprint density at radius 2 is 1.72 bits per heavy atom. The molecule has 1 aromatic heterocycles. The van der Waals surface area contributed by atoms with E-state index in [0.717, 1.165) is 39.0 Å². The van der Waals surface area contributed by atoms with E-state index in [1.54, 1.807) is 14.0 Å². The van der Waals surface area contributed by atoms with Crippen LogP contribution in [0.5, 0.6) is 11.5 Å². The lowest BCUT2D eigenvalue weighted by Gasteiger charge is -2.09. The molecule has 32 heavy (non-hydrogen) atoms. The number of rotatable bonds is 8. The number of carbonyl (C=O) groups is 1. The third-order valence-corrected chi connectivity index (χ3v) is 5.41. The Labute approximate surface area is 196 Å². The fourth-order valence-corrected chi connectivity index (χ4v) is 3.79. The van der Waals surface area contributed by atoms with Gasteiger partial charge in [-0.2, -0.15) is 0 Å². The van der Waals surface area contributed by atoms with Crippen LogP contribution in [0.2, 0.25) is 0 Å². The first-order valence-electron chi connectivity index (χ1n) is 10.3. The van der Waals surface area contributed by atoms with Crippen molar-refractivity contribution < 1.29 is 19.0 Å². The molecule has 4 aromatic rings. The summed E-state index contributed by atoms with van der Waals surface area (Å²) in [6.45, 7) is 4.01. The molecule has 4 rings (SSSR count). The molecule has 0 N–H and O–H groups in total. The van der Waals surface area contributed by atoms with Crippen LogP contribution >= 0.6 is 15.9 Å². The Bertz CT molecular complexity index is 1140. The van der Waals surface area contributed by atoms with Crippen LogP contribution in [-0.4, -0.2) is 24.8 Å². The number of carbonyl (C=O) groups excluding carboxylic acids is 1. The number of benzene rings is 3. The van der Waals surface area contributed by atoms with Gasteiger partial charge in [-0.1, -0.05) is 42.5 Å². The Morgan fingerprint density at radius 3 is 2.41 bits per heavy atom. The van der Waals surface area contributed by atoms with Gasteiger partial charge in [0.05, 0.1) is 13.7 Å². The predicted octanol–water partition coefficient (Wildman–Crippen LogP) is 6.22. The van der Waals surface area contributed by atoms with Crippen molar-refractivity contribution in [2.24, 2.45) is 0 Å². The summed E-state index contributed by atoms with van der Waals surface area (Å²) in [4.78, 5) is 9.18. The van der Waals surface area contributed by atoms with Gasteiger partial charge in [-0.15, -0.1) is 0 Å². The van der Waals surface area contributed by atoms with Gasteiger partial charge < -0.3 is 18.8 Å². The number of halogens is 1. The zero-order chi connectivity index (χ0) is 22.8. The second-order valence-electron chi connectivity index (χ2n) is 6.96. The zero-order valence-electron chi connectivity index (χ0n) is 18.2. The van der Waals surface area contributed by atoms with Crippen LogP contribution in [0.4, 0.5) is 0 Å². The summed E-state index contributed by atoms with van der Waals surface area (Å²) in [6.07, 6.45) is 2.12. The summed E-state index contributed by atoms with van der Waals surface area (Å²) in [5, 5.41) is 1.14. The second kappa shape index (κ2) is 12.0. The van der Waals surface area contributed by atoms with Crippen LogP contribution in [0.1, 0.15) is 18.1 Å². The molecule has 6 heteroatoms. The van der Waals surface area contributed by atoms with Gasteiger partial charge in [0, 0.05) is 28.1 Å². The summed E-state index contributed by atoms with van der Waals surface area (Å²) < 4.78 is 18.7. The molecule has 0 fully saturated rings. The molecule has 0 amide bonds. The minimum Gasteiger partial charge on any atom is -0.497 e. The van der Waals surface area contributed by atoms with Crippen molar-refractivity contribution in [2.45, 2.75) is 20.1 Å². The molecular weight excluding hydrogens is 470 g/mol. The monoisotopic (exact) mass is 495 g/mol. The molecule has 0 saturated heterocycles. The summed E-state index contributed by atoms with van der Waals surface area (Å²) in [7, 11) is 1.69. The van der Waals surface area contributed by atoms with E-state index >= 15 is 0 Å². The van der Waals surface area contributed by atoms with Gasteiger partial charge in [0.2, 0.25) is 0 Å². The van der Waals surface area contributed by atoms with E-state index in [0.29, 0.717) is 19.7 Å². The molecule has 166 valence electrons. The highest BCUT2D eigenvalue weighted by molar-refractivity contribution is 9.10. The zero-order valence-corrected chi connectivity index (χ0v) is 19.7. The number of ether oxygens (including phenoxy) is 3. The van der Waals surface area contributed by atoms with Crippen molar-refractivity contribution in [3.8, 4) is 11.5 Å². The minimum absolute atomic E-state index is 0.431. The summed E-state index contributed by atoms with van der Waals surface area (Å²) in [5.74, 6) is 1.74. The first kappa shape index (κ1) is 23.4. The lowest BCUT2D eigenvalue weighted by molar-refractivity contribution is -0.128. The van der Waals surface area contributed by atoms with Crippen molar-refractivity contribution in [2.75, 3.05) is 13.7 Å². The number of methoxy groups -OCH3 is 1. The van der Waals surface area contributed by atoms with Crippen molar-refractivity contribution in [1.82, 2.24) is 4.57 Å². The normalized spacial score (nSPS) is 10.2. The maximum Gasteiger partial charge on any atom is 0.293 e. The molecule has 0 spiro atoms. The van der Waals surface area contributed by atoms with Gasteiger partial charge in [-0.05, 0) is 64.3 Å². The predicted molar refractivity (Wildman–Crippen MR) is 130 cm³/mol. The highest BCUT2D eigenvalue weighted by Crippen LogP contribution is 2.31. The van der Waals surface area contributed by atoms with Gasteiger partial charge in [-0.25, -0.2) is 0 Å². The second-order valence-corrected chi connectivity index (χ2v) is 7.82. The molecular formula is C26H26BrNO4. The summed E-state index contributed by atoms with van der Waals surface area (Å²) in [6, 6.07) is 24.6. The van der Waals surface area contributed by atoms with E-state index < -0.39 is 0 Å². The molecule has 0 atom stereocenters. The number of aromatic nitrogens is 1. The Morgan fingerprint density at radius 1 is 0.938 bits per heavy atom. The van der Waals surface area contributed by atoms with Crippen LogP contribution in [0, 0.1) is 0 Å². The smallest absolute Gasteiger partial charge is 0.293 e. The number of hydrogen-bond donors (Lipinski definition) is 0. The third kappa shape index (κ3) is 6.37. The van der Waals surface area contributed by atoms with E-state index in [1.807, 2.05) is 36.4 Å². The Kier molecular flexibility index (Phi) is 8.75. The molecule has 5 nitrogen and oxygen atoms in total. The minimum atomic E-state index is 0.431. The van der Waals surface area contributed by atoms with Gasteiger partial charge in [0.15, 0.2) is 0 Å². The van der Waals surface area contributed by atoms with E-state index in [4.69, 9.17) is 9.47 Å². The van der Waals surface area contributed by atoms with Crippen LogP contribution in [0.15, 0.2) is 83.5 Å². The highest BCUT2D eigenvalue weighted by atomic mass is 79.9. The number of hydrogen-bond acceptors (Lipinski definition) is 4. The van der Waals surface area contributed by atoms with Gasteiger partial charge in [0.1, 0.15) is 18.1 Å². The lowest BCUT2D eigenvalue weighted by atomic mass is 10.2. The van der Waals surface area contributed by atoms with Crippen LogP contribution in [-0.2, 0) is 22.7 Å². The topological polar surface area (TPSA) is 49.7 Å². The SMILES string of the molecule is CCOC=O.COc1cccc(Cn2cc(Br)c3cc(OCc4ccccc4)ccc32)c1. The summed E-state index contributed by atoms with van der Waals surface area (Å²) in [5.41, 5.74) is 3.52. The average Bonchev–Trinajstić information content (AvgIpc) is 3.14. The molecule has 0 saturated carbocycles. The van der Waals surface area contributed by atoms with E-state index in [2.05, 4.69) is 67.8 Å². The van der Waals surface area contributed by atoms with Crippen molar-refractivity contribution in [3.63, 3.8) is 0 Å². The van der Waals surface area contributed by atoms with Crippen molar-refractivity contribution in [3.05, 3.63) is 94.6 Å². The molecule has 0 unspecified atom stereocenters. The fraction of sp³-hybridized carbons (Fsp3) is 0.192. The quantitative estimate of drug-likeness (QED) is 0.272. The Hall–Kier alpha value is -3.25. The van der Waals surface area contributed by atoms with E-state index in [9.17, 15) is 4.79 Å². The van der Waals surface area contributed by atoms with Crippen LogP contribution in [0.25, 0.3) is 10.9 Å². The van der Waals surface area contributed by atoms with Gasteiger partial charge in [0.25, 0.3) is 6.47 Å². The van der Waals surface area contributed by atoms with Gasteiger partial charge in [-0.3, -0.25) is 4.79 Å². The molecule has 0 aliphatic rings. The van der Waals surface area contributed by atoms with Crippen molar-refractivity contribution in [1.29, 1.82) is 0 Å². The molecule has 3 aromatic carbocycles. The molecule has 0 bridgehead atoms. The van der Waals surface area contributed by atoms with Crippen molar-refractivity contribution >= 4 is 33.3 Å². The highest BCUT2D eigenvalue weighted by Gasteiger charge is 2.09. The average molecular weight is 496 g/mol. The fourth-order valence-electron chi connectivity index (χ4n) is 3.23. The van der Waals surface area contributed by atoms with Gasteiger partial charge >= 0.3 is 0 Å². The Balaban J connectivity index is 0.000000523. The van der Waals surface area contributed by atoms with E-state index in [1.165, 1.54) is 5.56 Å².